The van der Waals surface area contributed by atoms with Crippen LogP contribution in [0.3, 0.4) is 0 Å². The predicted octanol–water partition coefficient (Wildman–Crippen LogP) is 4.66. The number of likely N-dealkylation sites (tertiary alicyclic amines) is 1. The van der Waals surface area contributed by atoms with Crippen molar-refractivity contribution >= 4 is 5.82 Å². The van der Waals surface area contributed by atoms with E-state index in [9.17, 15) is 0 Å². The maximum Gasteiger partial charge on any atom is 0.133 e. The van der Waals surface area contributed by atoms with E-state index in [0.29, 0.717) is 6.04 Å². The maximum atomic E-state index is 4.74. The van der Waals surface area contributed by atoms with Gasteiger partial charge in [0, 0.05) is 37.4 Å². The van der Waals surface area contributed by atoms with E-state index in [0.717, 1.165) is 19.6 Å². The molecule has 24 heavy (non-hydrogen) atoms. The largest absolute Gasteiger partial charge is 0.357 e. The topological polar surface area (TPSA) is 19.4 Å². The second kappa shape index (κ2) is 8.29. The van der Waals surface area contributed by atoms with Gasteiger partial charge in [0.05, 0.1) is 0 Å². The van der Waals surface area contributed by atoms with Gasteiger partial charge in [0.15, 0.2) is 0 Å². The number of hydrogen-bond acceptors (Lipinski definition) is 3. The molecule has 0 radical (unpaired) electrons. The molecule has 1 aliphatic heterocycles. The number of rotatable bonds is 6. The summed E-state index contributed by atoms with van der Waals surface area (Å²) in [5.74, 6) is 1.17. The van der Waals surface area contributed by atoms with Crippen LogP contribution in [0.5, 0.6) is 0 Å². The quantitative estimate of drug-likeness (QED) is 0.771. The number of aromatic nitrogens is 1. The number of anilines is 1. The summed E-state index contributed by atoms with van der Waals surface area (Å²) in [5, 5.41) is 0. The normalized spacial score (nSPS) is 18.5. The molecule has 3 heteroatoms. The summed E-state index contributed by atoms with van der Waals surface area (Å²) in [7, 11) is 0. The Morgan fingerprint density at radius 3 is 2.58 bits per heavy atom. The summed E-state index contributed by atoms with van der Waals surface area (Å²) in [6.45, 7) is 8.64. The monoisotopic (exact) mass is 323 g/mol. The van der Waals surface area contributed by atoms with Crippen LogP contribution < -0.4 is 4.90 Å². The predicted molar refractivity (Wildman–Crippen MR) is 101 cm³/mol. The average molecular weight is 323 g/mol. The summed E-state index contributed by atoms with van der Waals surface area (Å²) < 4.78 is 0. The van der Waals surface area contributed by atoms with Crippen LogP contribution in [-0.2, 0) is 6.54 Å². The van der Waals surface area contributed by atoms with Crippen molar-refractivity contribution in [2.24, 2.45) is 0 Å². The molecule has 1 aromatic heterocycles. The second-order valence-corrected chi connectivity index (χ2v) is 6.56. The van der Waals surface area contributed by atoms with Gasteiger partial charge in [-0.2, -0.15) is 0 Å². The number of hydrogen-bond donors (Lipinski definition) is 0. The first-order valence-corrected chi connectivity index (χ1v) is 9.31. The lowest BCUT2D eigenvalue weighted by Gasteiger charge is -2.38. The molecular weight excluding hydrogens is 294 g/mol. The van der Waals surface area contributed by atoms with E-state index in [1.165, 1.54) is 42.8 Å². The molecule has 1 fully saturated rings. The Kier molecular flexibility index (Phi) is 5.86. The van der Waals surface area contributed by atoms with E-state index in [2.05, 4.69) is 66.1 Å². The van der Waals surface area contributed by atoms with Crippen LogP contribution in [0.1, 0.15) is 50.3 Å². The van der Waals surface area contributed by atoms with E-state index in [1.54, 1.807) is 0 Å². The van der Waals surface area contributed by atoms with Crippen LogP contribution in [-0.4, -0.2) is 29.5 Å². The number of pyridine rings is 1. The van der Waals surface area contributed by atoms with Gasteiger partial charge in [-0.15, -0.1) is 0 Å². The number of nitrogens with zero attached hydrogens (tertiary/aromatic N) is 3. The molecule has 0 N–H and O–H groups in total. The van der Waals surface area contributed by atoms with Crippen molar-refractivity contribution in [3.63, 3.8) is 0 Å². The standard InChI is InChI=1S/C21H29N3/c1-3-23(4-2)21-19(13-10-15-22-21)20-14-8-9-16-24(20)17-18-11-6-5-7-12-18/h5-7,10-13,15,20H,3-4,8-9,14,16-17H2,1-2H3. The zero-order chi connectivity index (χ0) is 16.8. The first kappa shape index (κ1) is 17.0. The van der Waals surface area contributed by atoms with Gasteiger partial charge in [-0.3, -0.25) is 4.90 Å². The first-order chi connectivity index (χ1) is 11.8. The lowest BCUT2D eigenvalue weighted by molar-refractivity contribution is 0.140. The fourth-order valence-electron chi connectivity index (χ4n) is 3.81. The Morgan fingerprint density at radius 2 is 1.83 bits per heavy atom. The summed E-state index contributed by atoms with van der Waals surface area (Å²) in [5.41, 5.74) is 2.80. The summed E-state index contributed by atoms with van der Waals surface area (Å²) in [4.78, 5) is 9.76. The molecule has 2 aromatic rings. The first-order valence-electron chi connectivity index (χ1n) is 9.31. The zero-order valence-electron chi connectivity index (χ0n) is 15.0. The Bertz CT molecular complexity index is 622. The van der Waals surface area contributed by atoms with Gasteiger partial charge in [-0.05, 0) is 44.9 Å². The summed E-state index contributed by atoms with van der Waals surface area (Å²) in [6.07, 6.45) is 5.76. The molecule has 0 aliphatic carbocycles. The van der Waals surface area contributed by atoms with Crippen molar-refractivity contribution in [2.75, 3.05) is 24.5 Å². The molecule has 1 unspecified atom stereocenters. The minimum Gasteiger partial charge on any atom is -0.357 e. The smallest absolute Gasteiger partial charge is 0.133 e. The molecule has 1 aliphatic rings. The highest BCUT2D eigenvalue weighted by Crippen LogP contribution is 2.36. The van der Waals surface area contributed by atoms with Crippen molar-refractivity contribution in [2.45, 2.75) is 45.7 Å². The van der Waals surface area contributed by atoms with Crippen molar-refractivity contribution in [1.82, 2.24) is 9.88 Å². The van der Waals surface area contributed by atoms with Crippen LogP contribution in [0.25, 0.3) is 0 Å². The fraction of sp³-hybridized carbons (Fsp3) is 0.476. The molecule has 1 saturated heterocycles. The van der Waals surface area contributed by atoms with Gasteiger partial charge in [0.2, 0.25) is 0 Å². The van der Waals surface area contributed by atoms with Gasteiger partial charge >= 0.3 is 0 Å². The Hall–Kier alpha value is -1.87. The average Bonchev–Trinajstić information content (AvgIpc) is 2.65. The van der Waals surface area contributed by atoms with Gasteiger partial charge in [-0.1, -0.05) is 42.8 Å². The molecule has 0 amide bonds. The van der Waals surface area contributed by atoms with Crippen molar-refractivity contribution < 1.29 is 0 Å². The highest BCUT2D eigenvalue weighted by Gasteiger charge is 2.27. The van der Waals surface area contributed by atoms with Crippen LogP contribution in [0.15, 0.2) is 48.7 Å². The molecule has 1 atom stereocenters. The van der Waals surface area contributed by atoms with Crippen molar-refractivity contribution in [3.8, 4) is 0 Å². The highest BCUT2D eigenvalue weighted by atomic mass is 15.2. The molecule has 0 saturated carbocycles. The summed E-state index contributed by atoms with van der Waals surface area (Å²) >= 11 is 0. The van der Waals surface area contributed by atoms with Crippen LogP contribution >= 0.6 is 0 Å². The molecule has 128 valence electrons. The third-order valence-corrected chi connectivity index (χ3v) is 5.08. The third kappa shape index (κ3) is 3.78. The van der Waals surface area contributed by atoms with E-state index < -0.39 is 0 Å². The molecule has 3 nitrogen and oxygen atoms in total. The minimum atomic E-state index is 0.475. The van der Waals surface area contributed by atoms with Crippen LogP contribution in [0, 0.1) is 0 Å². The van der Waals surface area contributed by atoms with Gasteiger partial charge in [0.1, 0.15) is 5.82 Å². The summed E-state index contributed by atoms with van der Waals surface area (Å²) in [6, 6.07) is 15.7. The fourth-order valence-corrected chi connectivity index (χ4v) is 3.81. The lowest BCUT2D eigenvalue weighted by atomic mass is 9.94. The van der Waals surface area contributed by atoms with Crippen molar-refractivity contribution in [3.05, 3.63) is 59.8 Å². The molecule has 3 rings (SSSR count). The molecule has 2 heterocycles. The Morgan fingerprint density at radius 1 is 1.04 bits per heavy atom. The van der Waals surface area contributed by atoms with Crippen molar-refractivity contribution in [1.29, 1.82) is 0 Å². The SMILES string of the molecule is CCN(CC)c1ncccc1C1CCCCN1Cc1ccccc1. The van der Waals surface area contributed by atoms with Gasteiger partial charge < -0.3 is 4.90 Å². The number of piperidine rings is 1. The molecule has 1 aromatic carbocycles. The zero-order valence-corrected chi connectivity index (χ0v) is 15.0. The van der Waals surface area contributed by atoms with Gasteiger partial charge in [-0.25, -0.2) is 4.98 Å². The van der Waals surface area contributed by atoms with Crippen LogP contribution in [0.4, 0.5) is 5.82 Å². The van der Waals surface area contributed by atoms with Gasteiger partial charge in [0.25, 0.3) is 0 Å². The Labute approximate surface area is 146 Å². The van der Waals surface area contributed by atoms with E-state index in [1.807, 2.05) is 6.20 Å². The Balaban J connectivity index is 1.88. The second-order valence-electron chi connectivity index (χ2n) is 6.56. The number of benzene rings is 1. The van der Waals surface area contributed by atoms with E-state index in [4.69, 9.17) is 4.98 Å². The molecule has 0 bridgehead atoms. The third-order valence-electron chi connectivity index (χ3n) is 5.08. The van der Waals surface area contributed by atoms with E-state index in [-0.39, 0.29) is 0 Å². The molecule has 0 spiro atoms. The molecular formula is C21H29N3. The highest BCUT2D eigenvalue weighted by molar-refractivity contribution is 5.48. The maximum absolute atomic E-state index is 4.74. The lowest BCUT2D eigenvalue weighted by Crippen LogP contribution is -2.35. The minimum absolute atomic E-state index is 0.475. The van der Waals surface area contributed by atoms with E-state index >= 15 is 0 Å². The van der Waals surface area contributed by atoms with Crippen LogP contribution in [0.2, 0.25) is 0 Å².